The van der Waals surface area contributed by atoms with Gasteiger partial charge in [0.1, 0.15) is 11.9 Å². The molecule has 2 fully saturated rings. The number of hydrogen-bond donors (Lipinski definition) is 2. The van der Waals surface area contributed by atoms with Gasteiger partial charge in [0, 0.05) is 12.1 Å². The van der Waals surface area contributed by atoms with Crippen LogP contribution in [0.25, 0.3) is 0 Å². The fourth-order valence-electron chi connectivity index (χ4n) is 3.24. The van der Waals surface area contributed by atoms with Crippen molar-refractivity contribution >= 4 is 24.0 Å². The van der Waals surface area contributed by atoms with Crippen molar-refractivity contribution in [2.75, 3.05) is 31.6 Å². The summed E-state index contributed by atoms with van der Waals surface area (Å²) in [5.41, 5.74) is 1.02. The van der Waals surface area contributed by atoms with E-state index in [1.165, 1.54) is 0 Å². The summed E-state index contributed by atoms with van der Waals surface area (Å²) in [6.07, 6.45) is 4.74. The van der Waals surface area contributed by atoms with Crippen molar-refractivity contribution in [1.82, 2.24) is 20.3 Å². The maximum absolute atomic E-state index is 12.4. The molecule has 0 radical (unpaired) electrons. The molecule has 2 saturated heterocycles. The number of piperidine rings is 1. The molecule has 1 amide bonds. The van der Waals surface area contributed by atoms with E-state index in [4.69, 9.17) is 9.47 Å². The molecular weight excluding hydrogens is 370 g/mol. The van der Waals surface area contributed by atoms with Crippen LogP contribution in [0.5, 0.6) is 5.75 Å². The third kappa shape index (κ3) is 4.97. The fourth-order valence-corrected chi connectivity index (χ4v) is 3.24. The number of nitrogens with zero attached hydrogens (tertiary/aromatic N) is 3. The summed E-state index contributed by atoms with van der Waals surface area (Å²) in [5, 5.41) is 14.3. The van der Waals surface area contributed by atoms with E-state index in [1.807, 2.05) is 24.3 Å². The van der Waals surface area contributed by atoms with E-state index in [9.17, 15) is 4.79 Å². The highest BCUT2D eigenvalue weighted by Gasteiger charge is 2.19. The second kappa shape index (κ2) is 9.16. The van der Waals surface area contributed by atoms with Crippen LogP contribution in [0.1, 0.15) is 35.8 Å². The summed E-state index contributed by atoms with van der Waals surface area (Å²) in [5.74, 6) is 0.512. The molecule has 2 aromatic rings. The highest BCUT2D eigenvalue weighted by atomic mass is 35.5. The first-order chi connectivity index (χ1) is 12.8. The number of anilines is 1. The molecule has 2 aliphatic rings. The van der Waals surface area contributed by atoms with Crippen molar-refractivity contribution < 1.29 is 14.3 Å². The van der Waals surface area contributed by atoms with Crippen molar-refractivity contribution in [1.29, 1.82) is 0 Å². The largest absolute Gasteiger partial charge is 0.488 e. The standard InChI is InChI=1S/C18H23N5O3.ClH/c24-18(17-11-23(22-21-17)14-5-8-19-9-6-14)20-13-1-3-15(4-2-13)26-16-7-10-25-12-16;/h1-4,11,14,16,19H,5-10,12H2,(H,20,24);1H. The molecule has 4 rings (SSSR count). The van der Waals surface area contributed by atoms with Crippen LogP contribution in [-0.2, 0) is 4.74 Å². The molecule has 1 unspecified atom stereocenters. The van der Waals surface area contributed by atoms with Crippen molar-refractivity contribution in [2.45, 2.75) is 31.4 Å². The van der Waals surface area contributed by atoms with Crippen LogP contribution in [0.4, 0.5) is 5.69 Å². The number of aromatic nitrogens is 3. The van der Waals surface area contributed by atoms with Gasteiger partial charge in [-0.15, -0.1) is 17.5 Å². The van der Waals surface area contributed by atoms with E-state index in [2.05, 4.69) is 20.9 Å². The Labute approximate surface area is 164 Å². The number of carbonyl (C=O) groups excluding carboxylic acids is 1. The van der Waals surface area contributed by atoms with Gasteiger partial charge < -0.3 is 20.1 Å². The third-order valence-corrected chi connectivity index (χ3v) is 4.73. The molecule has 27 heavy (non-hydrogen) atoms. The second-order valence-corrected chi connectivity index (χ2v) is 6.65. The predicted octanol–water partition coefficient (Wildman–Crippen LogP) is 2.04. The van der Waals surface area contributed by atoms with Crippen LogP contribution in [0.3, 0.4) is 0 Å². The van der Waals surface area contributed by atoms with Crippen molar-refractivity contribution in [3.63, 3.8) is 0 Å². The lowest BCUT2D eigenvalue weighted by atomic mass is 10.1. The van der Waals surface area contributed by atoms with Gasteiger partial charge in [-0.1, -0.05) is 5.21 Å². The number of nitrogens with one attached hydrogen (secondary N) is 2. The maximum Gasteiger partial charge on any atom is 0.277 e. The minimum Gasteiger partial charge on any atom is -0.488 e. The zero-order valence-corrected chi connectivity index (χ0v) is 15.8. The van der Waals surface area contributed by atoms with E-state index >= 15 is 0 Å². The Morgan fingerprint density at radius 3 is 2.70 bits per heavy atom. The first kappa shape index (κ1) is 19.6. The Bertz CT molecular complexity index is 740. The van der Waals surface area contributed by atoms with Gasteiger partial charge in [-0.3, -0.25) is 4.79 Å². The molecule has 1 aromatic heterocycles. The van der Waals surface area contributed by atoms with E-state index in [-0.39, 0.29) is 24.4 Å². The van der Waals surface area contributed by atoms with Crippen LogP contribution >= 0.6 is 12.4 Å². The zero-order chi connectivity index (χ0) is 17.8. The normalized spacial score (nSPS) is 20.1. The zero-order valence-electron chi connectivity index (χ0n) is 15.0. The molecule has 1 atom stereocenters. The van der Waals surface area contributed by atoms with Crippen molar-refractivity contribution in [3.05, 3.63) is 36.2 Å². The number of amides is 1. The molecule has 2 N–H and O–H groups in total. The molecule has 1 aromatic carbocycles. The summed E-state index contributed by atoms with van der Waals surface area (Å²) in [4.78, 5) is 12.4. The van der Waals surface area contributed by atoms with Gasteiger partial charge >= 0.3 is 0 Å². The fraction of sp³-hybridized carbons (Fsp3) is 0.500. The van der Waals surface area contributed by atoms with Gasteiger partial charge in [-0.25, -0.2) is 4.68 Å². The molecule has 0 aliphatic carbocycles. The monoisotopic (exact) mass is 393 g/mol. The van der Waals surface area contributed by atoms with Crippen molar-refractivity contribution in [2.24, 2.45) is 0 Å². The van der Waals surface area contributed by atoms with Crippen LogP contribution in [0, 0.1) is 0 Å². The Kier molecular flexibility index (Phi) is 6.65. The number of carbonyl (C=O) groups is 1. The van der Waals surface area contributed by atoms with Crippen LogP contribution < -0.4 is 15.4 Å². The third-order valence-electron chi connectivity index (χ3n) is 4.73. The quantitative estimate of drug-likeness (QED) is 0.808. The van der Waals surface area contributed by atoms with Crippen LogP contribution in [0.15, 0.2) is 30.5 Å². The minimum absolute atomic E-state index is 0. The molecule has 0 bridgehead atoms. The van der Waals surface area contributed by atoms with Gasteiger partial charge in [0.25, 0.3) is 5.91 Å². The molecule has 8 nitrogen and oxygen atoms in total. The maximum atomic E-state index is 12.4. The minimum atomic E-state index is -0.261. The molecular formula is C18H24ClN5O3. The summed E-state index contributed by atoms with van der Waals surface area (Å²) >= 11 is 0. The van der Waals surface area contributed by atoms with Crippen LogP contribution in [-0.4, -0.2) is 53.3 Å². The van der Waals surface area contributed by atoms with E-state index < -0.39 is 0 Å². The van der Waals surface area contributed by atoms with Gasteiger partial charge in [0.15, 0.2) is 5.69 Å². The highest BCUT2D eigenvalue weighted by Crippen LogP contribution is 2.20. The van der Waals surface area contributed by atoms with E-state index in [0.29, 0.717) is 24.0 Å². The summed E-state index contributed by atoms with van der Waals surface area (Å²) < 4.78 is 12.9. The lowest BCUT2D eigenvalue weighted by Gasteiger charge is -2.22. The lowest BCUT2D eigenvalue weighted by molar-refractivity contribution is 0.102. The second-order valence-electron chi connectivity index (χ2n) is 6.65. The SMILES string of the molecule is Cl.O=C(Nc1ccc(OC2CCOC2)cc1)c1cn(C2CCNCC2)nn1. The molecule has 146 valence electrons. The number of halogens is 1. The smallest absolute Gasteiger partial charge is 0.277 e. The molecule has 2 aliphatic heterocycles. The lowest BCUT2D eigenvalue weighted by Crippen LogP contribution is -2.29. The number of benzene rings is 1. The Morgan fingerprint density at radius 2 is 2.00 bits per heavy atom. The van der Waals surface area contributed by atoms with Gasteiger partial charge in [0.2, 0.25) is 0 Å². The summed E-state index contributed by atoms with van der Waals surface area (Å²) in [7, 11) is 0. The Balaban J connectivity index is 0.00000210. The summed E-state index contributed by atoms with van der Waals surface area (Å²) in [6.45, 7) is 3.31. The average molecular weight is 394 g/mol. The number of hydrogen-bond acceptors (Lipinski definition) is 6. The van der Waals surface area contributed by atoms with Gasteiger partial charge in [-0.2, -0.15) is 0 Å². The molecule has 9 heteroatoms. The summed E-state index contributed by atoms with van der Waals surface area (Å²) in [6, 6.07) is 7.64. The molecule has 3 heterocycles. The highest BCUT2D eigenvalue weighted by molar-refractivity contribution is 6.02. The predicted molar refractivity (Wildman–Crippen MR) is 103 cm³/mol. The van der Waals surface area contributed by atoms with E-state index in [0.717, 1.165) is 44.7 Å². The van der Waals surface area contributed by atoms with Gasteiger partial charge in [0.05, 0.1) is 25.5 Å². The van der Waals surface area contributed by atoms with Crippen LogP contribution in [0.2, 0.25) is 0 Å². The number of rotatable bonds is 5. The van der Waals surface area contributed by atoms with Crippen molar-refractivity contribution in [3.8, 4) is 5.75 Å². The first-order valence-electron chi connectivity index (χ1n) is 9.06. The first-order valence-corrected chi connectivity index (χ1v) is 9.06. The topological polar surface area (TPSA) is 90.3 Å². The number of ether oxygens (including phenoxy) is 2. The Hall–Kier alpha value is -2.16. The molecule has 0 spiro atoms. The molecule has 0 saturated carbocycles. The van der Waals surface area contributed by atoms with Gasteiger partial charge in [-0.05, 0) is 50.2 Å². The average Bonchev–Trinajstić information content (AvgIpc) is 3.36. The van der Waals surface area contributed by atoms with E-state index in [1.54, 1.807) is 10.9 Å². The Morgan fingerprint density at radius 1 is 1.22 bits per heavy atom.